The number of carboxylic acid groups (broad SMARTS) is 1. The van der Waals surface area contributed by atoms with Crippen molar-refractivity contribution in [2.24, 2.45) is 22.7 Å². The SMILES string of the molecule is CC(C)(C)C1CN(Cc2ccc([C@H]3C[C@@]4(C)[C@@H](CCC4(O)C(F)(F)C(F)(F)F)[C@@H]4CCC5=CC(=O)CCC5=C43)cc2)CCCN1C(=O)O. The predicted octanol–water partition coefficient (Wildman–Crippen LogP) is 8.12. The lowest BCUT2D eigenvalue weighted by molar-refractivity contribution is -0.362. The van der Waals surface area contributed by atoms with Crippen LogP contribution in [0.5, 0.6) is 0 Å². The van der Waals surface area contributed by atoms with E-state index < -0.39 is 47.5 Å². The molecule has 2 N–H and O–H groups in total. The van der Waals surface area contributed by atoms with Crippen LogP contribution in [0.2, 0.25) is 0 Å². The van der Waals surface area contributed by atoms with Gasteiger partial charge in [-0.05, 0) is 90.5 Å². The van der Waals surface area contributed by atoms with Gasteiger partial charge >= 0.3 is 18.2 Å². The minimum atomic E-state index is -5.89. The zero-order chi connectivity index (χ0) is 35.0. The van der Waals surface area contributed by atoms with E-state index in [1.807, 2.05) is 45.0 Å². The van der Waals surface area contributed by atoms with Gasteiger partial charge in [-0.2, -0.15) is 22.0 Å². The molecule has 0 aromatic heterocycles. The number of carbonyl (C=O) groups excluding carboxylic acids is 1. The molecule has 264 valence electrons. The highest BCUT2D eigenvalue weighted by Gasteiger charge is 2.79. The summed E-state index contributed by atoms with van der Waals surface area (Å²) in [6, 6.07) is 7.59. The van der Waals surface area contributed by atoms with Crippen molar-refractivity contribution < 1.29 is 41.8 Å². The van der Waals surface area contributed by atoms with E-state index in [1.54, 1.807) is 6.08 Å². The first kappa shape index (κ1) is 35.1. The Morgan fingerprint density at radius 1 is 1.00 bits per heavy atom. The first-order valence-electron chi connectivity index (χ1n) is 17.2. The van der Waals surface area contributed by atoms with Crippen molar-refractivity contribution in [2.75, 3.05) is 19.6 Å². The highest BCUT2D eigenvalue weighted by atomic mass is 19.4. The Kier molecular flexibility index (Phi) is 8.71. The molecule has 2 saturated carbocycles. The normalized spacial score (nSPS) is 33.5. The molecule has 1 aromatic carbocycles. The number of hydrogen-bond donors (Lipinski definition) is 2. The van der Waals surface area contributed by atoms with Crippen molar-refractivity contribution in [1.29, 1.82) is 0 Å². The Morgan fingerprint density at radius 2 is 1.69 bits per heavy atom. The molecule has 0 radical (unpaired) electrons. The summed E-state index contributed by atoms with van der Waals surface area (Å²) in [5.74, 6) is -6.53. The number of aliphatic hydroxyl groups is 1. The van der Waals surface area contributed by atoms with Crippen molar-refractivity contribution in [3.8, 4) is 0 Å². The van der Waals surface area contributed by atoms with Gasteiger partial charge in [0, 0.05) is 43.9 Å². The Hall–Kier alpha value is -2.79. The smallest absolute Gasteiger partial charge is 0.456 e. The summed E-state index contributed by atoms with van der Waals surface area (Å²) in [5, 5.41) is 21.4. The van der Waals surface area contributed by atoms with Crippen LogP contribution in [0.15, 0.2) is 47.1 Å². The molecule has 2 unspecified atom stereocenters. The molecule has 3 fully saturated rings. The Labute approximate surface area is 279 Å². The topological polar surface area (TPSA) is 81.1 Å². The lowest BCUT2D eigenvalue weighted by atomic mass is 9.50. The maximum atomic E-state index is 15.3. The van der Waals surface area contributed by atoms with Gasteiger partial charge in [-0.15, -0.1) is 0 Å². The maximum absolute atomic E-state index is 15.3. The molecule has 1 saturated heterocycles. The molecule has 1 heterocycles. The fourth-order valence-electron chi connectivity index (χ4n) is 10.00. The molecular formula is C37H47F5N2O4. The maximum Gasteiger partial charge on any atom is 0.456 e. The van der Waals surface area contributed by atoms with E-state index in [9.17, 15) is 33.0 Å². The summed E-state index contributed by atoms with van der Waals surface area (Å²) in [4.78, 5) is 28.1. The van der Waals surface area contributed by atoms with Gasteiger partial charge in [0.15, 0.2) is 5.78 Å². The lowest BCUT2D eigenvalue weighted by Gasteiger charge is -2.56. The highest BCUT2D eigenvalue weighted by Crippen LogP contribution is 2.70. The molecule has 0 spiro atoms. The minimum Gasteiger partial charge on any atom is -0.465 e. The Bertz CT molecular complexity index is 1510. The Balaban J connectivity index is 1.35. The third-order valence-electron chi connectivity index (χ3n) is 12.5. The zero-order valence-electron chi connectivity index (χ0n) is 28.2. The summed E-state index contributed by atoms with van der Waals surface area (Å²) in [6.07, 6.45) is -3.09. The van der Waals surface area contributed by atoms with Gasteiger partial charge in [0.2, 0.25) is 0 Å². The number of ketones is 1. The van der Waals surface area contributed by atoms with Crippen molar-refractivity contribution in [3.63, 3.8) is 0 Å². The average Bonchev–Trinajstić information content (AvgIpc) is 3.12. The van der Waals surface area contributed by atoms with Gasteiger partial charge in [-0.1, -0.05) is 57.5 Å². The molecule has 6 rings (SSSR count). The highest BCUT2D eigenvalue weighted by molar-refractivity contribution is 5.93. The van der Waals surface area contributed by atoms with Crippen LogP contribution in [-0.4, -0.2) is 75.3 Å². The largest absolute Gasteiger partial charge is 0.465 e. The number of alkyl halides is 5. The molecule has 6 atom stereocenters. The minimum absolute atomic E-state index is 0.0445. The summed E-state index contributed by atoms with van der Waals surface area (Å²) < 4.78 is 72.3. The third kappa shape index (κ3) is 5.60. The van der Waals surface area contributed by atoms with Crippen LogP contribution >= 0.6 is 0 Å². The number of hydrogen-bond acceptors (Lipinski definition) is 4. The summed E-state index contributed by atoms with van der Waals surface area (Å²) >= 11 is 0. The van der Waals surface area contributed by atoms with E-state index in [0.717, 1.165) is 34.4 Å². The van der Waals surface area contributed by atoms with Crippen molar-refractivity contribution in [1.82, 2.24) is 9.80 Å². The third-order valence-corrected chi connectivity index (χ3v) is 12.5. The fourth-order valence-corrected chi connectivity index (χ4v) is 10.00. The summed E-state index contributed by atoms with van der Waals surface area (Å²) in [6.45, 7) is 9.86. The quantitative estimate of drug-likeness (QED) is 0.315. The van der Waals surface area contributed by atoms with Gasteiger partial charge in [-0.25, -0.2) is 4.79 Å². The van der Waals surface area contributed by atoms with E-state index in [2.05, 4.69) is 4.90 Å². The molecule has 0 bridgehead atoms. The first-order chi connectivity index (χ1) is 22.3. The number of allylic oxidation sites excluding steroid dienone is 4. The first-order valence-corrected chi connectivity index (χ1v) is 17.2. The number of fused-ring (bicyclic) bond motifs is 4. The Morgan fingerprint density at radius 3 is 2.31 bits per heavy atom. The molecule has 5 aliphatic rings. The van der Waals surface area contributed by atoms with Gasteiger partial charge in [0.25, 0.3) is 0 Å². The van der Waals surface area contributed by atoms with E-state index in [1.165, 1.54) is 11.8 Å². The van der Waals surface area contributed by atoms with Gasteiger partial charge in [0.05, 0.1) is 6.04 Å². The number of nitrogens with zero attached hydrogens (tertiary/aromatic N) is 2. The number of benzene rings is 1. The second-order valence-corrected chi connectivity index (χ2v) is 16.2. The second kappa shape index (κ2) is 11.9. The van der Waals surface area contributed by atoms with Crippen molar-refractivity contribution in [3.05, 3.63) is 58.2 Å². The van der Waals surface area contributed by atoms with E-state index in [-0.39, 0.29) is 36.0 Å². The zero-order valence-corrected chi connectivity index (χ0v) is 28.2. The summed E-state index contributed by atoms with van der Waals surface area (Å²) in [7, 11) is 0. The lowest BCUT2D eigenvalue weighted by Crippen LogP contribution is -2.65. The van der Waals surface area contributed by atoms with Gasteiger partial charge in [0.1, 0.15) is 5.60 Å². The number of amides is 1. The predicted molar refractivity (Wildman–Crippen MR) is 171 cm³/mol. The van der Waals surface area contributed by atoms with Crippen molar-refractivity contribution in [2.45, 2.75) is 115 Å². The van der Waals surface area contributed by atoms with Crippen LogP contribution in [0.1, 0.15) is 96.1 Å². The van der Waals surface area contributed by atoms with Gasteiger partial charge < -0.3 is 15.1 Å². The monoisotopic (exact) mass is 678 g/mol. The van der Waals surface area contributed by atoms with Crippen LogP contribution in [0.25, 0.3) is 0 Å². The van der Waals surface area contributed by atoms with Crippen LogP contribution in [0.4, 0.5) is 26.7 Å². The number of carbonyl (C=O) groups is 2. The van der Waals surface area contributed by atoms with Crippen LogP contribution in [-0.2, 0) is 11.3 Å². The standard InChI is InChI=1S/C37H47F5N2O4/c1-33(2,3)30-21-43(16-5-17-44(30)32(46)47)20-22-6-8-23(9-7-22)28-19-34(4)29(14-15-35(34,48)36(38,39)37(40,41)42)27-12-10-24-18-25(45)11-13-26(24)31(27)28/h6-9,18,27-30,48H,5,10-17,19-21H2,1-4H3,(H,46,47)/t27-,28+,29-,30?,34-,35?/m0/s1. The van der Waals surface area contributed by atoms with Crippen molar-refractivity contribution >= 4 is 11.9 Å². The molecule has 11 heteroatoms. The summed E-state index contributed by atoms with van der Waals surface area (Å²) in [5.41, 5.74) is -0.387. The molecule has 1 aromatic rings. The van der Waals surface area contributed by atoms with E-state index in [4.69, 9.17) is 0 Å². The van der Waals surface area contributed by atoms with E-state index in [0.29, 0.717) is 51.7 Å². The molecule has 1 aliphatic heterocycles. The molecule has 4 aliphatic carbocycles. The molecule has 6 nitrogen and oxygen atoms in total. The van der Waals surface area contributed by atoms with Gasteiger partial charge in [-0.3, -0.25) is 9.69 Å². The second-order valence-electron chi connectivity index (χ2n) is 16.2. The average molecular weight is 679 g/mol. The number of halogens is 5. The van der Waals surface area contributed by atoms with Crippen LogP contribution in [0, 0.1) is 22.7 Å². The fraction of sp³-hybridized carbons (Fsp3) is 0.676. The number of rotatable bonds is 4. The van der Waals surface area contributed by atoms with E-state index >= 15 is 8.78 Å². The molecule has 1 amide bonds. The molecular weight excluding hydrogens is 631 g/mol. The van der Waals surface area contributed by atoms with Crippen LogP contribution < -0.4 is 0 Å². The molecule has 48 heavy (non-hydrogen) atoms. The van der Waals surface area contributed by atoms with Crippen LogP contribution in [0.3, 0.4) is 0 Å².